The highest BCUT2D eigenvalue weighted by Gasteiger charge is 2.19. The predicted molar refractivity (Wildman–Crippen MR) is 103 cm³/mol. The molecule has 0 radical (unpaired) electrons. The number of hydrogen-bond acceptors (Lipinski definition) is 5. The molecule has 3 rings (SSSR count). The van der Waals surface area contributed by atoms with Gasteiger partial charge in [0.15, 0.2) is 5.13 Å². The van der Waals surface area contributed by atoms with Gasteiger partial charge in [0.2, 0.25) is 0 Å². The van der Waals surface area contributed by atoms with E-state index in [1.54, 1.807) is 19.9 Å². The first-order valence-electron chi connectivity index (χ1n) is 8.20. The zero-order chi connectivity index (χ0) is 18.5. The Morgan fingerprint density at radius 2 is 1.77 bits per heavy atom. The molecule has 0 aliphatic rings. The lowest BCUT2D eigenvalue weighted by Gasteiger charge is -2.09. The van der Waals surface area contributed by atoms with Gasteiger partial charge in [-0.25, -0.2) is 9.78 Å². The van der Waals surface area contributed by atoms with E-state index in [1.165, 1.54) is 0 Å². The molecule has 0 saturated carbocycles. The lowest BCUT2D eigenvalue weighted by atomic mass is 9.99. The van der Waals surface area contributed by atoms with E-state index in [-0.39, 0.29) is 5.91 Å². The lowest BCUT2D eigenvalue weighted by Crippen LogP contribution is -2.13. The van der Waals surface area contributed by atoms with Crippen LogP contribution in [-0.2, 0) is 4.74 Å². The Hall–Kier alpha value is -2.99. The third kappa shape index (κ3) is 3.81. The van der Waals surface area contributed by atoms with Crippen LogP contribution in [0, 0.1) is 6.92 Å². The molecule has 132 valence electrons. The number of benzene rings is 2. The largest absolute Gasteiger partial charge is 0.462 e. The number of aromatic nitrogens is 1. The molecular formula is C20H18N2O3S. The van der Waals surface area contributed by atoms with Crippen LogP contribution in [0.15, 0.2) is 54.6 Å². The second-order valence-electron chi connectivity index (χ2n) is 5.52. The van der Waals surface area contributed by atoms with E-state index < -0.39 is 5.97 Å². The molecule has 2 aromatic carbocycles. The number of thiazole rings is 1. The van der Waals surface area contributed by atoms with Crippen LogP contribution < -0.4 is 5.32 Å². The Morgan fingerprint density at radius 1 is 1.08 bits per heavy atom. The van der Waals surface area contributed by atoms with E-state index >= 15 is 0 Å². The van der Waals surface area contributed by atoms with E-state index in [4.69, 9.17) is 4.74 Å². The normalized spacial score (nSPS) is 10.4. The Bertz CT molecular complexity index is 935. The van der Waals surface area contributed by atoms with Crippen LogP contribution in [0.2, 0.25) is 0 Å². The molecule has 1 heterocycles. The molecule has 0 fully saturated rings. The van der Waals surface area contributed by atoms with Gasteiger partial charge in [-0.1, -0.05) is 59.9 Å². The number of anilines is 1. The van der Waals surface area contributed by atoms with Crippen molar-refractivity contribution >= 4 is 28.3 Å². The number of esters is 1. The highest BCUT2D eigenvalue weighted by molar-refractivity contribution is 7.17. The van der Waals surface area contributed by atoms with Gasteiger partial charge in [-0.05, 0) is 31.0 Å². The highest BCUT2D eigenvalue weighted by atomic mass is 32.1. The fraction of sp³-hybridized carbons (Fsp3) is 0.150. The van der Waals surface area contributed by atoms with Crippen molar-refractivity contribution in [2.45, 2.75) is 13.8 Å². The summed E-state index contributed by atoms with van der Waals surface area (Å²) in [6.45, 7) is 3.76. The van der Waals surface area contributed by atoms with E-state index in [0.717, 1.165) is 22.5 Å². The number of aryl methyl sites for hydroxylation is 1. The topological polar surface area (TPSA) is 68.3 Å². The second-order valence-corrected chi connectivity index (χ2v) is 6.52. The van der Waals surface area contributed by atoms with Gasteiger partial charge in [-0.2, -0.15) is 0 Å². The Balaban J connectivity index is 1.86. The minimum absolute atomic E-state index is 0.270. The number of amides is 1. The van der Waals surface area contributed by atoms with Crippen molar-refractivity contribution in [1.29, 1.82) is 0 Å². The molecule has 26 heavy (non-hydrogen) atoms. The van der Waals surface area contributed by atoms with Gasteiger partial charge in [0, 0.05) is 5.56 Å². The van der Waals surface area contributed by atoms with Crippen LogP contribution >= 0.6 is 11.3 Å². The van der Waals surface area contributed by atoms with Gasteiger partial charge < -0.3 is 4.74 Å². The molecule has 3 aromatic rings. The van der Waals surface area contributed by atoms with Crippen LogP contribution in [-0.4, -0.2) is 23.5 Å². The second kappa shape index (κ2) is 7.93. The van der Waals surface area contributed by atoms with E-state index in [0.29, 0.717) is 27.9 Å². The van der Waals surface area contributed by atoms with Gasteiger partial charge in [-0.3, -0.25) is 10.1 Å². The van der Waals surface area contributed by atoms with Crippen molar-refractivity contribution in [1.82, 2.24) is 4.98 Å². The average molecular weight is 366 g/mol. The molecular weight excluding hydrogens is 348 g/mol. The summed E-state index contributed by atoms with van der Waals surface area (Å²) >= 11 is 1.11. The fourth-order valence-electron chi connectivity index (χ4n) is 2.55. The Morgan fingerprint density at radius 3 is 2.50 bits per heavy atom. The number of nitrogens with zero attached hydrogens (tertiary/aromatic N) is 1. The summed E-state index contributed by atoms with van der Waals surface area (Å²) in [5, 5.41) is 3.16. The predicted octanol–water partition coefficient (Wildman–Crippen LogP) is 4.55. The number of carbonyl (C=O) groups excluding carboxylic acids is 2. The molecule has 0 aliphatic carbocycles. The number of ether oxygens (including phenoxy) is 1. The highest BCUT2D eigenvalue weighted by Crippen LogP contribution is 2.27. The molecule has 0 atom stereocenters. The molecule has 1 N–H and O–H groups in total. The average Bonchev–Trinajstić information content (AvgIpc) is 3.03. The standard InChI is InChI=1S/C20H18N2O3S/c1-3-25-19(24)17-13(2)21-20(26-17)22-18(23)16-12-8-7-11-15(16)14-9-5-4-6-10-14/h4-12H,3H2,1-2H3,(H,21,22,23). The first-order valence-corrected chi connectivity index (χ1v) is 9.02. The first kappa shape index (κ1) is 17.8. The summed E-state index contributed by atoms with van der Waals surface area (Å²) in [6.07, 6.45) is 0. The number of hydrogen-bond donors (Lipinski definition) is 1. The maximum Gasteiger partial charge on any atom is 0.350 e. The molecule has 0 bridgehead atoms. The Labute approximate surface area is 155 Å². The molecule has 0 spiro atoms. The van der Waals surface area contributed by atoms with Crippen molar-refractivity contribution in [3.05, 3.63) is 70.7 Å². The minimum atomic E-state index is -0.423. The van der Waals surface area contributed by atoms with Crippen molar-refractivity contribution in [2.75, 3.05) is 11.9 Å². The number of rotatable bonds is 5. The van der Waals surface area contributed by atoms with E-state index in [2.05, 4.69) is 10.3 Å². The fourth-order valence-corrected chi connectivity index (χ4v) is 3.41. The van der Waals surface area contributed by atoms with Crippen LogP contribution in [0.25, 0.3) is 11.1 Å². The van der Waals surface area contributed by atoms with E-state index in [9.17, 15) is 9.59 Å². The summed E-state index contributed by atoms with van der Waals surface area (Å²) < 4.78 is 5.01. The third-order valence-electron chi connectivity index (χ3n) is 3.73. The van der Waals surface area contributed by atoms with Crippen LogP contribution in [0.1, 0.15) is 32.6 Å². The maximum atomic E-state index is 12.8. The summed E-state index contributed by atoms with van der Waals surface area (Å²) in [5.41, 5.74) is 2.88. The smallest absolute Gasteiger partial charge is 0.350 e. The van der Waals surface area contributed by atoms with Crippen LogP contribution in [0.5, 0.6) is 0 Å². The van der Waals surface area contributed by atoms with Gasteiger partial charge in [0.1, 0.15) is 4.88 Å². The summed E-state index contributed by atoms with van der Waals surface area (Å²) in [4.78, 5) is 29.3. The maximum absolute atomic E-state index is 12.8. The minimum Gasteiger partial charge on any atom is -0.462 e. The molecule has 0 aliphatic heterocycles. The lowest BCUT2D eigenvalue weighted by molar-refractivity contribution is 0.0531. The van der Waals surface area contributed by atoms with Crippen molar-refractivity contribution in [3.8, 4) is 11.1 Å². The zero-order valence-electron chi connectivity index (χ0n) is 14.5. The molecule has 5 nitrogen and oxygen atoms in total. The SMILES string of the molecule is CCOC(=O)c1sc(NC(=O)c2ccccc2-c2ccccc2)nc1C. The quantitative estimate of drug-likeness (QED) is 0.673. The van der Waals surface area contributed by atoms with Crippen molar-refractivity contribution in [3.63, 3.8) is 0 Å². The summed E-state index contributed by atoms with van der Waals surface area (Å²) in [5.74, 6) is -0.693. The van der Waals surface area contributed by atoms with Crippen molar-refractivity contribution in [2.24, 2.45) is 0 Å². The number of carbonyl (C=O) groups is 2. The van der Waals surface area contributed by atoms with Crippen LogP contribution in [0.4, 0.5) is 5.13 Å². The molecule has 0 unspecified atom stereocenters. The van der Waals surface area contributed by atoms with Crippen molar-refractivity contribution < 1.29 is 14.3 Å². The monoisotopic (exact) mass is 366 g/mol. The van der Waals surface area contributed by atoms with Gasteiger partial charge >= 0.3 is 5.97 Å². The molecule has 0 saturated heterocycles. The van der Waals surface area contributed by atoms with Gasteiger partial charge in [-0.15, -0.1) is 0 Å². The molecule has 6 heteroatoms. The third-order valence-corrected chi connectivity index (χ3v) is 4.79. The van der Waals surface area contributed by atoms with Gasteiger partial charge in [0.05, 0.1) is 12.3 Å². The van der Waals surface area contributed by atoms with Crippen LogP contribution in [0.3, 0.4) is 0 Å². The van der Waals surface area contributed by atoms with Gasteiger partial charge in [0.25, 0.3) is 5.91 Å². The first-order chi connectivity index (χ1) is 12.6. The zero-order valence-corrected chi connectivity index (χ0v) is 15.3. The summed E-state index contributed by atoms with van der Waals surface area (Å²) in [6, 6.07) is 17.1. The molecule has 1 aromatic heterocycles. The number of nitrogens with one attached hydrogen (secondary N) is 1. The van der Waals surface area contributed by atoms with E-state index in [1.807, 2.05) is 48.5 Å². The summed E-state index contributed by atoms with van der Waals surface area (Å²) in [7, 11) is 0. The molecule has 1 amide bonds. The Kier molecular flexibility index (Phi) is 5.43.